The van der Waals surface area contributed by atoms with E-state index in [-0.39, 0.29) is 0 Å². The molecule has 0 saturated heterocycles. The summed E-state index contributed by atoms with van der Waals surface area (Å²) in [5.41, 5.74) is 0. The summed E-state index contributed by atoms with van der Waals surface area (Å²) in [4.78, 5) is 1.43. The maximum Gasteiger partial charge on any atom is 0.00719 e. The molecule has 1 aliphatic rings. The van der Waals surface area contributed by atoms with Crippen LogP contribution in [0.4, 0.5) is 0 Å². The standard InChI is InChI=1S/C19H30S/c1-2-3-5-8-17-11-13-18(14-12-17)15-16-20-19-9-6-4-7-10-19/h4,6-7,9-10,17-18H,2-3,5,8,11-16H2,1H3. The first-order valence-corrected chi connectivity index (χ1v) is 9.55. The highest BCUT2D eigenvalue weighted by atomic mass is 32.2. The lowest BCUT2D eigenvalue weighted by Crippen LogP contribution is -2.15. The van der Waals surface area contributed by atoms with Crippen LogP contribution in [-0.2, 0) is 0 Å². The monoisotopic (exact) mass is 290 g/mol. The van der Waals surface area contributed by atoms with Crippen LogP contribution in [0.5, 0.6) is 0 Å². The molecule has 1 aromatic rings. The molecule has 112 valence electrons. The fraction of sp³-hybridized carbons (Fsp3) is 0.684. The third kappa shape index (κ3) is 5.91. The molecule has 0 atom stereocenters. The Morgan fingerprint density at radius 1 is 0.900 bits per heavy atom. The van der Waals surface area contributed by atoms with E-state index >= 15 is 0 Å². The molecule has 0 amide bonds. The van der Waals surface area contributed by atoms with Gasteiger partial charge in [-0.25, -0.2) is 0 Å². The number of hydrogen-bond acceptors (Lipinski definition) is 1. The van der Waals surface area contributed by atoms with Gasteiger partial charge in [-0.1, -0.05) is 76.5 Å². The van der Waals surface area contributed by atoms with Gasteiger partial charge in [0.2, 0.25) is 0 Å². The van der Waals surface area contributed by atoms with Gasteiger partial charge in [-0.2, -0.15) is 0 Å². The van der Waals surface area contributed by atoms with Gasteiger partial charge in [-0.15, -0.1) is 11.8 Å². The highest BCUT2D eigenvalue weighted by Crippen LogP contribution is 2.34. The van der Waals surface area contributed by atoms with Gasteiger partial charge in [0.1, 0.15) is 0 Å². The maximum atomic E-state index is 2.31. The zero-order valence-electron chi connectivity index (χ0n) is 13.0. The van der Waals surface area contributed by atoms with E-state index in [1.165, 1.54) is 68.4 Å². The van der Waals surface area contributed by atoms with Crippen molar-refractivity contribution in [3.8, 4) is 0 Å². The van der Waals surface area contributed by atoms with Gasteiger partial charge in [-0.3, -0.25) is 0 Å². The average molecular weight is 291 g/mol. The van der Waals surface area contributed by atoms with Crippen molar-refractivity contribution in [2.75, 3.05) is 5.75 Å². The minimum absolute atomic E-state index is 1.01. The second-order valence-electron chi connectivity index (χ2n) is 6.33. The van der Waals surface area contributed by atoms with Gasteiger partial charge < -0.3 is 0 Å². The summed E-state index contributed by atoms with van der Waals surface area (Å²) in [5, 5.41) is 0. The quantitative estimate of drug-likeness (QED) is 0.386. The number of benzene rings is 1. The van der Waals surface area contributed by atoms with Crippen molar-refractivity contribution in [2.24, 2.45) is 11.8 Å². The lowest BCUT2D eigenvalue weighted by atomic mass is 9.79. The molecule has 1 aliphatic carbocycles. The van der Waals surface area contributed by atoms with E-state index in [4.69, 9.17) is 0 Å². The van der Waals surface area contributed by atoms with Gasteiger partial charge in [0.15, 0.2) is 0 Å². The number of hydrogen-bond donors (Lipinski definition) is 0. The van der Waals surface area contributed by atoms with Crippen molar-refractivity contribution >= 4 is 11.8 Å². The second-order valence-corrected chi connectivity index (χ2v) is 7.50. The van der Waals surface area contributed by atoms with Gasteiger partial charge in [0, 0.05) is 4.90 Å². The summed E-state index contributed by atoms with van der Waals surface area (Å²) in [7, 11) is 0. The van der Waals surface area contributed by atoms with Gasteiger partial charge in [0.25, 0.3) is 0 Å². The van der Waals surface area contributed by atoms with E-state index < -0.39 is 0 Å². The minimum Gasteiger partial charge on any atom is -0.126 e. The molecule has 0 unspecified atom stereocenters. The average Bonchev–Trinajstić information content (AvgIpc) is 2.50. The molecule has 2 rings (SSSR count). The Balaban J connectivity index is 1.55. The van der Waals surface area contributed by atoms with Crippen LogP contribution < -0.4 is 0 Å². The zero-order chi connectivity index (χ0) is 14.0. The molecule has 1 fully saturated rings. The van der Waals surface area contributed by atoms with Crippen LogP contribution >= 0.6 is 11.8 Å². The Bertz CT molecular complexity index is 338. The molecule has 0 aromatic heterocycles. The molecule has 0 nitrogen and oxygen atoms in total. The van der Waals surface area contributed by atoms with E-state index in [1.807, 2.05) is 11.8 Å². The van der Waals surface area contributed by atoms with Gasteiger partial charge >= 0.3 is 0 Å². The van der Waals surface area contributed by atoms with Crippen molar-refractivity contribution in [1.29, 1.82) is 0 Å². The number of rotatable bonds is 8. The van der Waals surface area contributed by atoms with Crippen molar-refractivity contribution in [3.63, 3.8) is 0 Å². The normalized spacial score (nSPS) is 22.9. The van der Waals surface area contributed by atoms with Crippen LogP contribution in [0.25, 0.3) is 0 Å². The van der Waals surface area contributed by atoms with Crippen LogP contribution in [0.3, 0.4) is 0 Å². The predicted octanol–water partition coefficient (Wildman–Crippen LogP) is 6.56. The molecule has 1 heteroatoms. The Morgan fingerprint density at radius 2 is 1.55 bits per heavy atom. The molecule has 20 heavy (non-hydrogen) atoms. The summed E-state index contributed by atoms with van der Waals surface area (Å²) in [6, 6.07) is 10.8. The Kier molecular flexibility index (Phi) is 7.57. The van der Waals surface area contributed by atoms with E-state index in [0.717, 1.165) is 11.8 Å². The molecule has 1 aromatic carbocycles. The molecular weight excluding hydrogens is 260 g/mol. The first-order chi connectivity index (χ1) is 9.88. The smallest absolute Gasteiger partial charge is 0.00719 e. The van der Waals surface area contributed by atoms with Crippen LogP contribution in [0.15, 0.2) is 35.2 Å². The Hall–Kier alpha value is -0.430. The summed E-state index contributed by atoms with van der Waals surface area (Å²) >= 11 is 2.03. The predicted molar refractivity (Wildman–Crippen MR) is 91.4 cm³/mol. The SMILES string of the molecule is CCCCCC1CCC(CCSc2ccccc2)CC1. The fourth-order valence-corrected chi connectivity index (χ4v) is 4.39. The molecule has 0 bridgehead atoms. The molecule has 0 N–H and O–H groups in total. The van der Waals surface area contributed by atoms with Crippen LogP contribution in [0, 0.1) is 11.8 Å². The number of unbranched alkanes of at least 4 members (excludes halogenated alkanes) is 2. The van der Waals surface area contributed by atoms with E-state index in [9.17, 15) is 0 Å². The fourth-order valence-electron chi connectivity index (χ4n) is 3.35. The van der Waals surface area contributed by atoms with Crippen molar-refractivity contribution in [1.82, 2.24) is 0 Å². The van der Waals surface area contributed by atoms with Crippen molar-refractivity contribution in [2.45, 2.75) is 69.6 Å². The van der Waals surface area contributed by atoms with Gasteiger partial charge in [-0.05, 0) is 36.1 Å². The third-order valence-corrected chi connectivity index (χ3v) is 5.77. The second kappa shape index (κ2) is 9.50. The molecule has 0 radical (unpaired) electrons. The van der Waals surface area contributed by atoms with E-state index in [0.29, 0.717) is 0 Å². The first kappa shape index (κ1) is 15.9. The third-order valence-electron chi connectivity index (χ3n) is 4.72. The topological polar surface area (TPSA) is 0 Å². The van der Waals surface area contributed by atoms with Gasteiger partial charge in [0.05, 0.1) is 0 Å². The van der Waals surface area contributed by atoms with E-state index in [2.05, 4.69) is 37.3 Å². The molecule has 1 saturated carbocycles. The largest absolute Gasteiger partial charge is 0.126 e. The van der Waals surface area contributed by atoms with Crippen molar-refractivity contribution in [3.05, 3.63) is 30.3 Å². The lowest BCUT2D eigenvalue weighted by molar-refractivity contribution is 0.255. The van der Waals surface area contributed by atoms with Crippen LogP contribution in [0.2, 0.25) is 0 Å². The van der Waals surface area contributed by atoms with E-state index in [1.54, 1.807) is 0 Å². The Labute approximate surface area is 129 Å². The molecule has 0 heterocycles. The minimum atomic E-state index is 1.01. The Morgan fingerprint density at radius 3 is 2.20 bits per heavy atom. The van der Waals surface area contributed by atoms with Crippen LogP contribution in [0.1, 0.15) is 64.7 Å². The highest BCUT2D eigenvalue weighted by molar-refractivity contribution is 7.99. The lowest BCUT2D eigenvalue weighted by Gasteiger charge is -2.28. The summed E-state index contributed by atoms with van der Waals surface area (Å²) in [6.45, 7) is 2.31. The summed E-state index contributed by atoms with van der Waals surface area (Å²) in [5.74, 6) is 3.36. The molecular formula is C19H30S. The number of thioether (sulfide) groups is 1. The van der Waals surface area contributed by atoms with Crippen LogP contribution in [-0.4, -0.2) is 5.75 Å². The summed E-state index contributed by atoms with van der Waals surface area (Å²) < 4.78 is 0. The highest BCUT2D eigenvalue weighted by Gasteiger charge is 2.20. The van der Waals surface area contributed by atoms with Crippen molar-refractivity contribution < 1.29 is 0 Å². The molecule has 0 spiro atoms. The summed E-state index contributed by atoms with van der Waals surface area (Å²) in [6.07, 6.45) is 13.2. The zero-order valence-corrected chi connectivity index (χ0v) is 13.8. The maximum absolute atomic E-state index is 2.31. The molecule has 0 aliphatic heterocycles. The first-order valence-electron chi connectivity index (χ1n) is 8.56.